The number of fused-ring (bicyclic) bond motifs is 1. The molecule has 0 aliphatic heterocycles. The maximum atomic E-state index is 2.31. The molecule has 1 unspecified atom stereocenters. The van der Waals surface area contributed by atoms with Gasteiger partial charge in [-0.2, -0.15) is 0 Å². The van der Waals surface area contributed by atoms with Crippen molar-refractivity contribution in [2.24, 2.45) is 0 Å². The van der Waals surface area contributed by atoms with Crippen LogP contribution >= 0.6 is 0 Å². The minimum Gasteiger partial charge on any atom is -0.0617 e. The smallest absolute Gasteiger partial charge is 0.0118 e. The van der Waals surface area contributed by atoms with Crippen molar-refractivity contribution in [3.05, 3.63) is 70.3 Å². The number of hydrogen-bond acceptors (Lipinski definition) is 0. The van der Waals surface area contributed by atoms with Gasteiger partial charge in [-0.15, -0.1) is 0 Å². The Kier molecular flexibility index (Phi) is 2.95. The fourth-order valence-electron chi connectivity index (χ4n) is 3.12. The predicted molar refractivity (Wildman–Crippen MR) is 77.1 cm³/mol. The van der Waals surface area contributed by atoms with Crippen LogP contribution in [-0.4, -0.2) is 0 Å². The maximum Gasteiger partial charge on any atom is -0.0118 e. The van der Waals surface area contributed by atoms with E-state index in [-0.39, 0.29) is 0 Å². The number of aryl methyl sites for hydroxylation is 2. The molecule has 3 rings (SSSR count). The first-order chi connectivity index (χ1) is 8.74. The first kappa shape index (κ1) is 11.5. The summed E-state index contributed by atoms with van der Waals surface area (Å²) in [5.41, 5.74) is 7.49. The molecule has 92 valence electrons. The Bertz CT molecular complexity index is 549. The van der Waals surface area contributed by atoms with E-state index < -0.39 is 0 Å². The van der Waals surface area contributed by atoms with Crippen LogP contribution < -0.4 is 0 Å². The number of benzene rings is 2. The molecule has 18 heavy (non-hydrogen) atoms. The van der Waals surface area contributed by atoms with Gasteiger partial charge in [0.05, 0.1) is 0 Å². The van der Waals surface area contributed by atoms with Crippen LogP contribution in [0.4, 0.5) is 0 Å². The van der Waals surface area contributed by atoms with Crippen molar-refractivity contribution < 1.29 is 0 Å². The van der Waals surface area contributed by atoms with E-state index in [2.05, 4.69) is 56.3 Å². The topological polar surface area (TPSA) is 0 Å². The molecule has 1 aliphatic rings. The Hall–Kier alpha value is -1.56. The quantitative estimate of drug-likeness (QED) is 0.680. The van der Waals surface area contributed by atoms with Gasteiger partial charge in [-0.3, -0.25) is 0 Å². The summed E-state index contributed by atoms with van der Waals surface area (Å²) in [7, 11) is 0. The molecule has 0 amide bonds. The summed E-state index contributed by atoms with van der Waals surface area (Å²) in [6.45, 7) is 4.40. The van der Waals surface area contributed by atoms with E-state index in [1.807, 2.05) is 0 Å². The third-order valence-electron chi connectivity index (χ3n) is 4.27. The van der Waals surface area contributed by atoms with Crippen molar-refractivity contribution in [1.82, 2.24) is 0 Å². The second-order valence-corrected chi connectivity index (χ2v) is 5.56. The molecule has 0 heterocycles. The average molecular weight is 236 g/mol. The molecule has 0 nitrogen and oxygen atoms in total. The summed E-state index contributed by atoms with van der Waals surface area (Å²) in [4.78, 5) is 0. The van der Waals surface area contributed by atoms with E-state index in [0.717, 1.165) is 0 Å². The molecule has 1 aliphatic carbocycles. The highest BCUT2D eigenvalue weighted by atomic mass is 14.2. The summed E-state index contributed by atoms with van der Waals surface area (Å²) in [5.74, 6) is 0.708. The highest BCUT2D eigenvalue weighted by Crippen LogP contribution is 2.33. The zero-order valence-electron chi connectivity index (χ0n) is 11.2. The molecule has 0 N–H and O–H groups in total. The SMILES string of the molecule is Cc1ccc(C2CCc3c(C)cccc3C2)cc1. The van der Waals surface area contributed by atoms with Crippen LogP contribution in [0.3, 0.4) is 0 Å². The Morgan fingerprint density at radius 3 is 2.50 bits per heavy atom. The zero-order valence-corrected chi connectivity index (χ0v) is 11.2. The Labute approximate surface area is 110 Å². The second kappa shape index (κ2) is 4.61. The van der Waals surface area contributed by atoms with Gasteiger partial charge in [0, 0.05) is 0 Å². The van der Waals surface area contributed by atoms with Gasteiger partial charge in [0.1, 0.15) is 0 Å². The Morgan fingerprint density at radius 1 is 0.944 bits per heavy atom. The molecule has 0 fully saturated rings. The normalized spacial score (nSPS) is 18.4. The largest absolute Gasteiger partial charge is 0.0617 e. The highest BCUT2D eigenvalue weighted by molar-refractivity contribution is 5.39. The standard InChI is InChI=1S/C18H20/c1-13-6-8-15(9-7-13)16-10-11-18-14(2)4-3-5-17(18)12-16/h3-9,16H,10-12H2,1-2H3. The predicted octanol–water partition coefficient (Wildman–Crippen LogP) is 4.58. The van der Waals surface area contributed by atoms with Crippen LogP contribution in [0.5, 0.6) is 0 Å². The van der Waals surface area contributed by atoms with Gasteiger partial charge in [-0.1, -0.05) is 48.0 Å². The molecule has 0 radical (unpaired) electrons. The van der Waals surface area contributed by atoms with E-state index in [4.69, 9.17) is 0 Å². The fraction of sp³-hybridized carbons (Fsp3) is 0.333. The van der Waals surface area contributed by atoms with Gasteiger partial charge < -0.3 is 0 Å². The van der Waals surface area contributed by atoms with Crippen molar-refractivity contribution in [3.8, 4) is 0 Å². The van der Waals surface area contributed by atoms with Crippen LogP contribution in [0.1, 0.15) is 40.2 Å². The maximum absolute atomic E-state index is 2.31. The first-order valence-electron chi connectivity index (χ1n) is 6.88. The van der Waals surface area contributed by atoms with Crippen molar-refractivity contribution in [2.75, 3.05) is 0 Å². The lowest BCUT2D eigenvalue weighted by Crippen LogP contribution is -2.13. The molecule has 0 bridgehead atoms. The van der Waals surface area contributed by atoms with E-state index in [0.29, 0.717) is 5.92 Å². The fourth-order valence-corrected chi connectivity index (χ4v) is 3.12. The molecular formula is C18H20. The molecule has 0 saturated heterocycles. The van der Waals surface area contributed by atoms with Crippen molar-refractivity contribution in [2.45, 2.75) is 39.0 Å². The third kappa shape index (κ3) is 2.08. The van der Waals surface area contributed by atoms with Gasteiger partial charge in [-0.05, 0) is 61.3 Å². The lowest BCUT2D eigenvalue weighted by atomic mass is 9.79. The molecule has 2 aromatic carbocycles. The van der Waals surface area contributed by atoms with E-state index in [9.17, 15) is 0 Å². The average Bonchev–Trinajstić information content (AvgIpc) is 2.39. The van der Waals surface area contributed by atoms with E-state index in [1.165, 1.54) is 36.0 Å². The van der Waals surface area contributed by atoms with Crippen molar-refractivity contribution in [1.29, 1.82) is 0 Å². The van der Waals surface area contributed by atoms with E-state index >= 15 is 0 Å². The number of hydrogen-bond donors (Lipinski definition) is 0. The van der Waals surface area contributed by atoms with Crippen molar-refractivity contribution in [3.63, 3.8) is 0 Å². The van der Waals surface area contributed by atoms with Gasteiger partial charge in [0.2, 0.25) is 0 Å². The lowest BCUT2D eigenvalue weighted by Gasteiger charge is -2.26. The van der Waals surface area contributed by atoms with Gasteiger partial charge in [0.25, 0.3) is 0 Å². The summed E-state index contributed by atoms with van der Waals surface area (Å²) in [5, 5.41) is 0. The summed E-state index contributed by atoms with van der Waals surface area (Å²) >= 11 is 0. The van der Waals surface area contributed by atoms with Gasteiger partial charge in [0.15, 0.2) is 0 Å². The monoisotopic (exact) mass is 236 g/mol. The highest BCUT2D eigenvalue weighted by Gasteiger charge is 2.20. The number of rotatable bonds is 1. The summed E-state index contributed by atoms with van der Waals surface area (Å²) in [6.07, 6.45) is 3.74. The molecule has 0 heteroatoms. The summed E-state index contributed by atoms with van der Waals surface area (Å²) in [6, 6.07) is 15.8. The van der Waals surface area contributed by atoms with Crippen LogP contribution in [0.25, 0.3) is 0 Å². The van der Waals surface area contributed by atoms with E-state index in [1.54, 1.807) is 11.1 Å². The van der Waals surface area contributed by atoms with Crippen LogP contribution in [-0.2, 0) is 12.8 Å². The first-order valence-corrected chi connectivity index (χ1v) is 6.88. The molecular weight excluding hydrogens is 216 g/mol. The lowest BCUT2D eigenvalue weighted by molar-refractivity contribution is 0.583. The van der Waals surface area contributed by atoms with Crippen LogP contribution in [0.2, 0.25) is 0 Å². The molecule has 1 atom stereocenters. The second-order valence-electron chi connectivity index (χ2n) is 5.56. The van der Waals surface area contributed by atoms with Crippen LogP contribution in [0, 0.1) is 13.8 Å². The molecule has 0 aromatic heterocycles. The Morgan fingerprint density at radius 2 is 1.72 bits per heavy atom. The van der Waals surface area contributed by atoms with Gasteiger partial charge >= 0.3 is 0 Å². The molecule has 0 saturated carbocycles. The van der Waals surface area contributed by atoms with Crippen LogP contribution in [0.15, 0.2) is 42.5 Å². The molecule has 2 aromatic rings. The third-order valence-corrected chi connectivity index (χ3v) is 4.27. The minimum absolute atomic E-state index is 0.708. The van der Waals surface area contributed by atoms with Gasteiger partial charge in [-0.25, -0.2) is 0 Å². The minimum atomic E-state index is 0.708. The zero-order chi connectivity index (χ0) is 12.5. The Balaban J connectivity index is 1.89. The molecule has 0 spiro atoms. The summed E-state index contributed by atoms with van der Waals surface area (Å²) < 4.78 is 0. The van der Waals surface area contributed by atoms with Crippen molar-refractivity contribution >= 4 is 0 Å².